The summed E-state index contributed by atoms with van der Waals surface area (Å²) >= 11 is 0. The predicted molar refractivity (Wildman–Crippen MR) is 123 cm³/mol. The highest BCUT2D eigenvalue weighted by Crippen LogP contribution is 2.23. The Balaban J connectivity index is 1.29. The normalized spacial score (nSPS) is 13.7. The van der Waals surface area contributed by atoms with E-state index in [4.69, 9.17) is 0 Å². The Morgan fingerprint density at radius 3 is 2.62 bits per heavy atom. The number of fused-ring (bicyclic) bond motifs is 1. The van der Waals surface area contributed by atoms with Crippen molar-refractivity contribution in [3.8, 4) is 0 Å². The first-order chi connectivity index (χ1) is 15.7. The number of likely N-dealkylation sites (tertiary alicyclic amines) is 1. The third-order valence-electron chi connectivity index (χ3n) is 6.03. The fraction of sp³-hybridized carbons (Fsp3) is 0.280. The van der Waals surface area contributed by atoms with E-state index in [1.165, 1.54) is 6.07 Å². The first kappa shape index (κ1) is 20.3. The van der Waals surface area contributed by atoms with Gasteiger partial charge in [-0.3, -0.25) is 9.48 Å². The second-order valence-corrected chi connectivity index (χ2v) is 8.23. The Morgan fingerprint density at radius 1 is 1.00 bits per heavy atom. The number of anilines is 1. The largest absolute Gasteiger partial charge is 0.364 e. The number of benzene rings is 2. The highest BCUT2D eigenvalue weighted by atomic mass is 19.1. The Morgan fingerprint density at radius 2 is 1.78 bits per heavy atom. The van der Waals surface area contributed by atoms with Crippen molar-refractivity contribution >= 4 is 22.6 Å². The summed E-state index contributed by atoms with van der Waals surface area (Å²) in [5.74, 6) is 0.676. The SMILES string of the molecule is O=C(Cn1cc(CNc2ccn(Cc3ccccc3F)n2)c2ccccc21)N1CCCC1. The molecule has 0 bridgehead atoms. The number of carbonyl (C=O) groups excluding carboxylic acids is 1. The van der Waals surface area contributed by atoms with Crippen LogP contribution in [0.2, 0.25) is 0 Å². The number of hydrogen-bond donors (Lipinski definition) is 1. The Hall–Kier alpha value is -3.61. The van der Waals surface area contributed by atoms with Gasteiger partial charge in [-0.15, -0.1) is 0 Å². The molecule has 5 rings (SSSR count). The lowest BCUT2D eigenvalue weighted by atomic mass is 10.2. The van der Waals surface area contributed by atoms with Gasteiger partial charge in [-0.05, 0) is 30.5 Å². The van der Waals surface area contributed by atoms with E-state index < -0.39 is 0 Å². The standard InChI is InChI=1S/C25H26FN5O/c26-22-9-3-1-7-19(22)17-31-14-11-24(28-31)27-15-20-16-30(23-10-4-2-8-21(20)23)18-25(32)29-12-5-6-13-29/h1-4,7-11,14,16H,5-6,12-13,15,17-18H2,(H,27,28). The number of rotatable bonds is 7. The minimum atomic E-state index is -0.228. The Bertz CT molecular complexity index is 1240. The molecule has 32 heavy (non-hydrogen) atoms. The van der Waals surface area contributed by atoms with Gasteiger partial charge in [-0.1, -0.05) is 36.4 Å². The zero-order valence-corrected chi connectivity index (χ0v) is 17.9. The van der Waals surface area contributed by atoms with Crippen molar-refractivity contribution in [2.45, 2.75) is 32.5 Å². The molecule has 1 amide bonds. The predicted octanol–water partition coefficient (Wildman–Crippen LogP) is 4.26. The molecule has 3 heterocycles. The number of halogens is 1. The van der Waals surface area contributed by atoms with Crippen LogP contribution in [0.15, 0.2) is 67.0 Å². The van der Waals surface area contributed by atoms with E-state index in [1.54, 1.807) is 16.8 Å². The smallest absolute Gasteiger partial charge is 0.242 e. The first-order valence-electron chi connectivity index (χ1n) is 11.0. The van der Waals surface area contributed by atoms with Crippen LogP contribution in [0.4, 0.5) is 10.2 Å². The van der Waals surface area contributed by atoms with Gasteiger partial charge >= 0.3 is 0 Å². The van der Waals surface area contributed by atoms with Crippen molar-refractivity contribution in [2.75, 3.05) is 18.4 Å². The molecule has 1 saturated heterocycles. The molecule has 1 fully saturated rings. The van der Waals surface area contributed by atoms with E-state index in [9.17, 15) is 9.18 Å². The van der Waals surface area contributed by atoms with Crippen molar-refractivity contribution in [1.82, 2.24) is 19.2 Å². The van der Waals surface area contributed by atoms with Gasteiger partial charge < -0.3 is 14.8 Å². The third kappa shape index (κ3) is 4.23. The molecule has 1 N–H and O–H groups in total. The average molecular weight is 432 g/mol. The Kier molecular flexibility index (Phi) is 5.62. The zero-order chi connectivity index (χ0) is 21.9. The van der Waals surface area contributed by atoms with Gasteiger partial charge in [-0.25, -0.2) is 4.39 Å². The molecule has 2 aromatic heterocycles. The molecule has 7 heteroatoms. The van der Waals surface area contributed by atoms with E-state index >= 15 is 0 Å². The zero-order valence-electron chi connectivity index (χ0n) is 17.9. The second kappa shape index (κ2) is 8.86. The maximum atomic E-state index is 13.9. The maximum absolute atomic E-state index is 13.9. The summed E-state index contributed by atoms with van der Waals surface area (Å²) in [7, 11) is 0. The van der Waals surface area contributed by atoms with Gasteiger partial charge in [0.05, 0.1) is 6.54 Å². The highest BCUT2D eigenvalue weighted by Gasteiger charge is 2.19. The van der Waals surface area contributed by atoms with Gasteiger partial charge in [0.25, 0.3) is 0 Å². The summed E-state index contributed by atoms with van der Waals surface area (Å²) in [6.07, 6.45) is 6.09. The van der Waals surface area contributed by atoms with E-state index in [0.29, 0.717) is 25.2 Å². The lowest BCUT2D eigenvalue weighted by Crippen LogP contribution is -2.30. The van der Waals surface area contributed by atoms with Crippen LogP contribution in [0.3, 0.4) is 0 Å². The van der Waals surface area contributed by atoms with Crippen molar-refractivity contribution in [3.05, 3.63) is 83.9 Å². The van der Waals surface area contributed by atoms with Gasteiger partial charge in [0.1, 0.15) is 18.2 Å². The summed E-state index contributed by atoms with van der Waals surface area (Å²) in [5, 5.41) is 9.01. The molecule has 0 saturated carbocycles. The molecule has 0 aliphatic carbocycles. The van der Waals surface area contributed by atoms with Crippen molar-refractivity contribution in [3.63, 3.8) is 0 Å². The molecule has 0 unspecified atom stereocenters. The molecule has 1 aliphatic heterocycles. The summed E-state index contributed by atoms with van der Waals surface area (Å²) in [4.78, 5) is 14.6. The number of carbonyl (C=O) groups is 1. The minimum Gasteiger partial charge on any atom is -0.364 e. The van der Waals surface area contributed by atoms with Crippen LogP contribution in [0.5, 0.6) is 0 Å². The number of nitrogens with one attached hydrogen (secondary N) is 1. The van der Waals surface area contributed by atoms with Crippen LogP contribution >= 0.6 is 0 Å². The lowest BCUT2D eigenvalue weighted by Gasteiger charge is -2.16. The molecule has 6 nitrogen and oxygen atoms in total. The summed E-state index contributed by atoms with van der Waals surface area (Å²) in [6, 6.07) is 16.8. The quantitative estimate of drug-likeness (QED) is 0.476. The summed E-state index contributed by atoms with van der Waals surface area (Å²) in [5.41, 5.74) is 2.77. The fourth-order valence-electron chi connectivity index (χ4n) is 4.34. The number of nitrogens with zero attached hydrogens (tertiary/aromatic N) is 4. The summed E-state index contributed by atoms with van der Waals surface area (Å²) in [6.45, 7) is 3.05. The molecule has 0 atom stereocenters. The molecule has 1 aliphatic rings. The molecular formula is C25H26FN5O. The number of amides is 1. The maximum Gasteiger partial charge on any atom is 0.242 e. The minimum absolute atomic E-state index is 0.176. The lowest BCUT2D eigenvalue weighted by molar-refractivity contribution is -0.130. The van der Waals surface area contributed by atoms with E-state index in [-0.39, 0.29) is 11.7 Å². The second-order valence-electron chi connectivity index (χ2n) is 8.23. The van der Waals surface area contributed by atoms with Crippen molar-refractivity contribution in [2.24, 2.45) is 0 Å². The molecule has 0 spiro atoms. The third-order valence-corrected chi connectivity index (χ3v) is 6.03. The average Bonchev–Trinajstić information content (AvgIpc) is 3.55. The molecule has 4 aromatic rings. The fourth-order valence-corrected chi connectivity index (χ4v) is 4.34. The monoisotopic (exact) mass is 431 g/mol. The van der Waals surface area contributed by atoms with Crippen LogP contribution in [0.1, 0.15) is 24.0 Å². The van der Waals surface area contributed by atoms with Crippen molar-refractivity contribution in [1.29, 1.82) is 0 Å². The number of hydrogen-bond acceptors (Lipinski definition) is 3. The van der Waals surface area contributed by atoms with Gasteiger partial charge in [-0.2, -0.15) is 5.10 Å². The Labute approximate surface area is 186 Å². The number of aromatic nitrogens is 3. The molecular weight excluding hydrogens is 405 g/mol. The van der Waals surface area contributed by atoms with E-state index in [2.05, 4.69) is 28.7 Å². The topological polar surface area (TPSA) is 55.1 Å². The van der Waals surface area contributed by atoms with Crippen LogP contribution in [-0.2, 0) is 24.4 Å². The molecule has 2 aromatic carbocycles. The van der Waals surface area contributed by atoms with Crippen LogP contribution in [-0.4, -0.2) is 38.2 Å². The van der Waals surface area contributed by atoms with Gasteiger partial charge in [0, 0.05) is 54.6 Å². The van der Waals surface area contributed by atoms with Gasteiger partial charge in [0.2, 0.25) is 5.91 Å². The van der Waals surface area contributed by atoms with Crippen LogP contribution < -0.4 is 5.32 Å². The highest BCUT2D eigenvalue weighted by molar-refractivity contribution is 5.86. The van der Waals surface area contributed by atoms with Crippen LogP contribution in [0.25, 0.3) is 10.9 Å². The molecule has 164 valence electrons. The van der Waals surface area contributed by atoms with E-state index in [0.717, 1.165) is 48.2 Å². The van der Waals surface area contributed by atoms with Gasteiger partial charge in [0.15, 0.2) is 0 Å². The van der Waals surface area contributed by atoms with Crippen LogP contribution in [0, 0.1) is 5.82 Å². The summed E-state index contributed by atoms with van der Waals surface area (Å²) < 4.78 is 17.7. The molecule has 0 radical (unpaired) electrons. The first-order valence-corrected chi connectivity index (χ1v) is 11.0. The van der Waals surface area contributed by atoms with E-state index in [1.807, 2.05) is 39.9 Å². The number of para-hydroxylation sites is 1. The van der Waals surface area contributed by atoms with Crippen molar-refractivity contribution < 1.29 is 9.18 Å².